The zero-order chi connectivity index (χ0) is 19.1. The van der Waals surface area contributed by atoms with Gasteiger partial charge in [-0.2, -0.15) is 0 Å². The molecule has 0 saturated heterocycles. The normalized spacial score (nSPS) is 10.3. The first-order chi connectivity index (χ1) is 12.4. The van der Waals surface area contributed by atoms with Gasteiger partial charge in [-0.05, 0) is 37.1 Å². The largest absolute Gasteiger partial charge is 0.395 e. The average molecular weight is 358 g/mol. The molecule has 138 valence electrons. The lowest BCUT2D eigenvalue weighted by molar-refractivity contribution is -0.384. The number of rotatable bonds is 8. The Hall–Kier alpha value is -3.13. The van der Waals surface area contributed by atoms with Gasteiger partial charge in [0.15, 0.2) is 0 Å². The first-order valence-electron chi connectivity index (χ1n) is 8.15. The Bertz CT molecular complexity index is 808. The third kappa shape index (κ3) is 4.93. The van der Waals surface area contributed by atoms with Gasteiger partial charge in [0.25, 0.3) is 5.69 Å². The number of nitro benzene ring substituents is 1. The summed E-state index contributed by atoms with van der Waals surface area (Å²) in [7, 11) is 0. The molecule has 0 radical (unpaired) electrons. The summed E-state index contributed by atoms with van der Waals surface area (Å²) in [6.07, 6.45) is 0. The number of non-ortho nitro benzene ring substituents is 1. The van der Waals surface area contributed by atoms with Gasteiger partial charge in [0, 0.05) is 24.4 Å². The summed E-state index contributed by atoms with van der Waals surface area (Å²) < 4.78 is 0. The minimum atomic E-state index is -0.503. The monoisotopic (exact) mass is 358 g/mol. The van der Waals surface area contributed by atoms with E-state index in [0.717, 1.165) is 16.8 Å². The number of aliphatic hydroxyl groups is 1. The summed E-state index contributed by atoms with van der Waals surface area (Å²) in [4.78, 5) is 22.7. The van der Waals surface area contributed by atoms with E-state index in [4.69, 9.17) is 5.11 Å². The number of aliphatic hydroxyl groups excluding tert-OH is 1. The van der Waals surface area contributed by atoms with Crippen LogP contribution in [0.3, 0.4) is 0 Å². The van der Waals surface area contributed by atoms with E-state index in [1.165, 1.54) is 12.1 Å². The van der Waals surface area contributed by atoms with Crippen LogP contribution in [-0.4, -0.2) is 35.6 Å². The van der Waals surface area contributed by atoms with Crippen LogP contribution < -0.4 is 16.0 Å². The second kappa shape index (κ2) is 8.82. The fourth-order valence-electron chi connectivity index (χ4n) is 2.39. The van der Waals surface area contributed by atoms with Crippen LogP contribution in [0.1, 0.15) is 11.1 Å². The summed E-state index contributed by atoms with van der Waals surface area (Å²) >= 11 is 0. The van der Waals surface area contributed by atoms with Crippen molar-refractivity contribution in [2.45, 2.75) is 13.8 Å². The van der Waals surface area contributed by atoms with Gasteiger partial charge < -0.3 is 21.1 Å². The number of nitrogens with one attached hydrogen (secondary N) is 3. The first kappa shape index (κ1) is 19.2. The van der Waals surface area contributed by atoms with Gasteiger partial charge in [-0.25, -0.2) is 0 Å². The third-order valence-corrected chi connectivity index (χ3v) is 3.96. The van der Waals surface area contributed by atoms with Gasteiger partial charge >= 0.3 is 0 Å². The maximum absolute atomic E-state index is 12.2. The van der Waals surface area contributed by atoms with Crippen molar-refractivity contribution in [2.24, 2.45) is 0 Å². The van der Waals surface area contributed by atoms with Crippen LogP contribution in [0.25, 0.3) is 0 Å². The second-order valence-corrected chi connectivity index (χ2v) is 5.79. The molecule has 0 bridgehead atoms. The van der Waals surface area contributed by atoms with E-state index in [0.29, 0.717) is 17.9 Å². The Morgan fingerprint density at radius 1 is 1.12 bits per heavy atom. The topological polar surface area (TPSA) is 117 Å². The van der Waals surface area contributed by atoms with Gasteiger partial charge in [-0.15, -0.1) is 0 Å². The maximum Gasteiger partial charge on any atom is 0.271 e. The molecule has 1 amide bonds. The number of nitro groups is 1. The molecule has 0 spiro atoms. The van der Waals surface area contributed by atoms with E-state index in [9.17, 15) is 14.9 Å². The summed E-state index contributed by atoms with van der Waals surface area (Å²) in [5.74, 6) is -0.265. The number of amides is 1. The molecular weight excluding hydrogens is 336 g/mol. The fourth-order valence-corrected chi connectivity index (χ4v) is 2.39. The van der Waals surface area contributed by atoms with Crippen LogP contribution in [0.2, 0.25) is 0 Å². The predicted octanol–water partition coefficient (Wildman–Crippen LogP) is 2.67. The number of carbonyl (C=O) groups is 1. The van der Waals surface area contributed by atoms with E-state index < -0.39 is 4.92 Å². The number of benzene rings is 2. The van der Waals surface area contributed by atoms with Crippen LogP contribution in [0, 0.1) is 24.0 Å². The van der Waals surface area contributed by atoms with Crippen LogP contribution in [0.15, 0.2) is 36.4 Å². The van der Waals surface area contributed by atoms with E-state index in [1.54, 1.807) is 6.07 Å². The Kier molecular flexibility index (Phi) is 6.51. The number of carbonyl (C=O) groups excluding carboxylic acids is 1. The van der Waals surface area contributed by atoms with E-state index in [2.05, 4.69) is 16.0 Å². The summed E-state index contributed by atoms with van der Waals surface area (Å²) in [6, 6.07) is 9.90. The van der Waals surface area contributed by atoms with E-state index >= 15 is 0 Å². The van der Waals surface area contributed by atoms with Crippen molar-refractivity contribution in [3.8, 4) is 0 Å². The molecule has 2 aromatic rings. The van der Waals surface area contributed by atoms with Crippen LogP contribution >= 0.6 is 0 Å². The second-order valence-electron chi connectivity index (χ2n) is 5.79. The number of hydrogen-bond acceptors (Lipinski definition) is 6. The highest BCUT2D eigenvalue weighted by molar-refractivity contribution is 5.95. The van der Waals surface area contributed by atoms with Crippen molar-refractivity contribution in [2.75, 3.05) is 35.6 Å². The van der Waals surface area contributed by atoms with Crippen LogP contribution in [0.4, 0.5) is 22.7 Å². The van der Waals surface area contributed by atoms with Crippen molar-refractivity contribution < 1.29 is 14.8 Å². The molecule has 0 atom stereocenters. The molecule has 0 saturated carbocycles. The van der Waals surface area contributed by atoms with Crippen molar-refractivity contribution in [1.29, 1.82) is 0 Å². The van der Waals surface area contributed by atoms with Crippen molar-refractivity contribution in [3.05, 3.63) is 57.6 Å². The number of aryl methyl sites for hydroxylation is 1. The molecular formula is C18H22N4O4. The molecule has 0 aliphatic heterocycles. The van der Waals surface area contributed by atoms with Crippen molar-refractivity contribution >= 4 is 28.7 Å². The molecule has 0 unspecified atom stereocenters. The van der Waals surface area contributed by atoms with Gasteiger partial charge in [0.1, 0.15) is 0 Å². The summed E-state index contributed by atoms with van der Waals surface area (Å²) in [5.41, 5.74) is 3.70. The molecule has 0 heterocycles. The molecule has 2 aromatic carbocycles. The van der Waals surface area contributed by atoms with Gasteiger partial charge in [0.2, 0.25) is 5.91 Å². The van der Waals surface area contributed by atoms with Crippen LogP contribution in [0.5, 0.6) is 0 Å². The smallest absolute Gasteiger partial charge is 0.271 e. The van der Waals surface area contributed by atoms with Crippen molar-refractivity contribution in [1.82, 2.24) is 0 Å². The highest BCUT2D eigenvalue weighted by Crippen LogP contribution is 2.27. The first-order valence-corrected chi connectivity index (χ1v) is 8.15. The van der Waals surface area contributed by atoms with Gasteiger partial charge in [0.05, 0.1) is 29.4 Å². The molecule has 26 heavy (non-hydrogen) atoms. The fraction of sp³-hybridized carbons (Fsp3) is 0.278. The van der Waals surface area contributed by atoms with Gasteiger partial charge in [-0.3, -0.25) is 14.9 Å². The number of anilines is 3. The van der Waals surface area contributed by atoms with E-state index in [-0.39, 0.29) is 24.7 Å². The molecule has 8 heteroatoms. The van der Waals surface area contributed by atoms with Gasteiger partial charge in [-0.1, -0.05) is 12.1 Å². The molecule has 0 aliphatic carbocycles. The lowest BCUT2D eigenvalue weighted by Crippen LogP contribution is -2.23. The lowest BCUT2D eigenvalue weighted by Gasteiger charge is -2.14. The van der Waals surface area contributed by atoms with Crippen molar-refractivity contribution in [3.63, 3.8) is 0 Å². The molecule has 2 rings (SSSR count). The Labute approximate surface area is 151 Å². The number of nitrogens with zero attached hydrogens (tertiary/aromatic N) is 1. The standard InChI is InChI=1S/C18H22N4O4/c1-12-4-3-5-15(13(12)2)21-18(24)11-20-17-10-14(22(25)26)6-7-16(17)19-8-9-23/h3-7,10,19-20,23H,8-9,11H2,1-2H3,(H,21,24). The SMILES string of the molecule is Cc1cccc(NC(=O)CNc2cc([N+](=O)[O-])ccc2NCCO)c1C. The molecule has 0 aromatic heterocycles. The Morgan fingerprint density at radius 3 is 2.58 bits per heavy atom. The lowest BCUT2D eigenvalue weighted by atomic mass is 10.1. The number of hydrogen-bond donors (Lipinski definition) is 4. The highest BCUT2D eigenvalue weighted by atomic mass is 16.6. The predicted molar refractivity (Wildman–Crippen MR) is 102 cm³/mol. The van der Waals surface area contributed by atoms with Crippen LogP contribution in [-0.2, 0) is 4.79 Å². The Morgan fingerprint density at radius 2 is 1.88 bits per heavy atom. The minimum absolute atomic E-state index is 0.0532. The minimum Gasteiger partial charge on any atom is -0.395 e. The molecule has 8 nitrogen and oxygen atoms in total. The zero-order valence-corrected chi connectivity index (χ0v) is 14.7. The average Bonchev–Trinajstić information content (AvgIpc) is 2.62. The maximum atomic E-state index is 12.2. The Balaban J connectivity index is 2.09. The molecule has 0 fully saturated rings. The highest BCUT2D eigenvalue weighted by Gasteiger charge is 2.12. The molecule has 4 N–H and O–H groups in total. The summed E-state index contributed by atoms with van der Waals surface area (Å²) in [6.45, 7) is 4.05. The third-order valence-electron chi connectivity index (χ3n) is 3.96. The summed E-state index contributed by atoms with van der Waals surface area (Å²) in [5, 5.41) is 28.6. The van der Waals surface area contributed by atoms with E-state index in [1.807, 2.05) is 32.0 Å². The quantitative estimate of drug-likeness (QED) is 0.426. The zero-order valence-electron chi connectivity index (χ0n) is 14.7. The molecule has 0 aliphatic rings.